The van der Waals surface area contributed by atoms with E-state index in [1.807, 2.05) is 0 Å². The highest BCUT2D eigenvalue weighted by molar-refractivity contribution is 9.09. The van der Waals surface area contributed by atoms with Crippen molar-refractivity contribution in [2.75, 3.05) is 38.2 Å². The summed E-state index contributed by atoms with van der Waals surface area (Å²) in [6.07, 6.45) is 1.25. The molecule has 2 nitrogen and oxygen atoms in total. The number of hydrogen-bond acceptors (Lipinski definition) is 2. The number of rotatable bonds is 3. The lowest BCUT2D eigenvalue weighted by atomic mass is 10.4. The summed E-state index contributed by atoms with van der Waals surface area (Å²) in [4.78, 5) is 2.45. The maximum Gasteiger partial charge on any atom is 0.0594 e. The minimum absolute atomic E-state index is 0. The van der Waals surface area contributed by atoms with Gasteiger partial charge in [-0.2, -0.15) is 0 Å². The van der Waals surface area contributed by atoms with E-state index in [0.29, 0.717) is 0 Å². The molecule has 1 heterocycles. The van der Waals surface area contributed by atoms with Crippen molar-refractivity contribution in [2.24, 2.45) is 0 Å². The Morgan fingerprint density at radius 1 is 1.27 bits per heavy atom. The van der Waals surface area contributed by atoms with Crippen LogP contribution in [0.3, 0.4) is 0 Å². The van der Waals surface area contributed by atoms with Gasteiger partial charge in [-0.15, -0.1) is 17.0 Å². The topological polar surface area (TPSA) is 12.5 Å². The first-order chi connectivity index (χ1) is 4.93. The first-order valence-corrected chi connectivity index (χ1v) is 4.91. The summed E-state index contributed by atoms with van der Waals surface area (Å²) >= 11 is 3.42. The van der Waals surface area contributed by atoms with Gasteiger partial charge in [0.15, 0.2) is 0 Å². The fourth-order valence-electron chi connectivity index (χ4n) is 1.11. The van der Waals surface area contributed by atoms with E-state index < -0.39 is 0 Å². The molecule has 1 fully saturated rings. The molecule has 0 amide bonds. The summed E-state index contributed by atoms with van der Waals surface area (Å²) < 4.78 is 5.23. The molecule has 0 bridgehead atoms. The fraction of sp³-hybridized carbons (Fsp3) is 1.00. The minimum Gasteiger partial charge on any atom is -0.379 e. The Bertz CT molecular complexity index is 86.5. The maximum absolute atomic E-state index is 5.23. The summed E-state index contributed by atoms with van der Waals surface area (Å²) in [7, 11) is 0. The molecule has 4 heteroatoms. The van der Waals surface area contributed by atoms with Crippen LogP contribution < -0.4 is 0 Å². The van der Waals surface area contributed by atoms with Gasteiger partial charge in [-0.25, -0.2) is 0 Å². The zero-order chi connectivity index (χ0) is 7.23. The molecule has 0 atom stereocenters. The van der Waals surface area contributed by atoms with E-state index in [2.05, 4.69) is 20.8 Å². The lowest BCUT2D eigenvalue weighted by Gasteiger charge is -2.25. The van der Waals surface area contributed by atoms with Gasteiger partial charge in [0.25, 0.3) is 0 Å². The summed E-state index contributed by atoms with van der Waals surface area (Å²) in [5.74, 6) is 0. The van der Waals surface area contributed by atoms with Crippen LogP contribution in [0.2, 0.25) is 0 Å². The second-order valence-corrected chi connectivity index (χ2v) is 3.29. The van der Waals surface area contributed by atoms with Crippen molar-refractivity contribution < 1.29 is 4.74 Å². The summed E-state index contributed by atoms with van der Waals surface area (Å²) in [5, 5.41) is 1.12. The zero-order valence-electron chi connectivity index (χ0n) is 6.59. The van der Waals surface area contributed by atoms with Crippen LogP contribution in [-0.2, 0) is 4.74 Å². The highest BCUT2D eigenvalue weighted by Crippen LogP contribution is 1.98. The lowest BCUT2D eigenvalue weighted by Crippen LogP contribution is -2.36. The molecule has 1 aliphatic heterocycles. The summed E-state index contributed by atoms with van der Waals surface area (Å²) in [6.45, 7) is 5.29. The van der Waals surface area contributed by atoms with Gasteiger partial charge < -0.3 is 4.74 Å². The Labute approximate surface area is 87.2 Å². The fourth-order valence-corrected chi connectivity index (χ4v) is 1.36. The van der Waals surface area contributed by atoms with Crippen LogP contribution in [0.25, 0.3) is 0 Å². The molecule has 68 valence electrons. The SMILES string of the molecule is Br.BrCCCN1CCOCC1. The summed E-state index contributed by atoms with van der Waals surface area (Å²) in [5.41, 5.74) is 0. The van der Waals surface area contributed by atoms with Gasteiger partial charge >= 0.3 is 0 Å². The van der Waals surface area contributed by atoms with Gasteiger partial charge in [0.1, 0.15) is 0 Å². The van der Waals surface area contributed by atoms with E-state index in [1.54, 1.807) is 0 Å². The average Bonchev–Trinajstić information content (AvgIpc) is 2.03. The van der Waals surface area contributed by atoms with Crippen LogP contribution in [0.15, 0.2) is 0 Å². The van der Waals surface area contributed by atoms with E-state index in [1.165, 1.54) is 13.0 Å². The first kappa shape index (κ1) is 11.9. The summed E-state index contributed by atoms with van der Waals surface area (Å²) in [6, 6.07) is 0. The third-order valence-electron chi connectivity index (χ3n) is 1.71. The molecular weight excluding hydrogens is 274 g/mol. The predicted octanol–water partition coefficient (Wildman–Crippen LogP) is 1.68. The molecule has 0 unspecified atom stereocenters. The number of halogens is 2. The van der Waals surface area contributed by atoms with Crippen LogP contribution >= 0.6 is 32.9 Å². The Morgan fingerprint density at radius 2 is 1.91 bits per heavy atom. The van der Waals surface area contributed by atoms with E-state index in [4.69, 9.17) is 4.74 Å². The maximum atomic E-state index is 5.23. The molecule has 0 aliphatic carbocycles. The average molecular weight is 289 g/mol. The van der Waals surface area contributed by atoms with Crippen LogP contribution in [0.5, 0.6) is 0 Å². The molecule has 0 aromatic carbocycles. The molecule has 0 spiro atoms. The van der Waals surface area contributed by atoms with E-state index >= 15 is 0 Å². The first-order valence-electron chi connectivity index (χ1n) is 3.79. The van der Waals surface area contributed by atoms with Gasteiger partial charge in [0, 0.05) is 18.4 Å². The molecule has 11 heavy (non-hydrogen) atoms. The standard InChI is InChI=1S/C7H14BrNO.BrH/c8-2-1-3-9-4-6-10-7-5-9;/h1-7H2;1H. The van der Waals surface area contributed by atoms with E-state index in [-0.39, 0.29) is 17.0 Å². The van der Waals surface area contributed by atoms with Crippen LogP contribution in [0.4, 0.5) is 0 Å². The largest absolute Gasteiger partial charge is 0.379 e. The predicted molar refractivity (Wildman–Crippen MR) is 56.0 cm³/mol. The van der Waals surface area contributed by atoms with E-state index in [9.17, 15) is 0 Å². The van der Waals surface area contributed by atoms with Gasteiger partial charge in [-0.1, -0.05) is 15.9 Å². The van der Waals surface area contributed by atoms with E-state index in [0.717, 1.165) is 31.6 Å². The van der Waals surface area contributed by atoms with Gasteiger partial charge in [0.2, 0.25) is 0 Å². The third kappa shape index (κ3) is 5.17. The quantitative estimate of drug-likeness (QED) is 0.733. The normalized spacial score (nSPS) is 19.4. The molecule has 0 N–H and O–H groups in total. The van der Waals surface area contributed by atoms with Crippen molar-refractivity contribution in [1.29, 1.82) is 0 Å². The molecule has 1 aliphatic rings. The zero-order valence-corrected chi connectivity index (χ0v) is 9.89. The Morgan fingerprint density at radius 3 is 2.45 bits per heavy atom. The number of hydrogen-bond donors (Lipinski definition) is 0. The monoisotopic (exact) mass is 287 g/mol. The molecular formula is C7H15Br2NO. The Balaban J connectivity index is 0.000001000. The van der Waals surface area contributed by atoms with Crippen molar-refractivity contribution in [3.05, 3.63) is 0 Å². The minimum atomic E-state index is 0. The second kappa shape index (κ2) is 7.53. The smallest absolute Gasteiger partial charge is 0.0594 e. The van der Waals surface area contributed by atoms with Crippen molar-refractivity contribution in [3.63, 3.8) is 0 Å². The van der Waals surface area contributed by atoms with Crippen molar-refractivity contribution in [1.82, 2.24) is 4.90 Å². The van der Waals surface area contributed by atoms with Gasteiger partial charge in [-0.05, 0) is 13.0 Å². The van der Waals surface area contributed by atoms with Gasteiger partial charge in [-0.3, -0.25) is 4.90 Å². The highest BCUT2D eigenvalue weighted by atomic mass is 79.9. The van der Waals surface area contributed by atoms with Gasteiger partial charge in [0.05, 0.1) is 13.2 Å². The molecule has 0 aromatic heterocycles. The van der Waals surface area contributed by atoms with Crippen molar-refractivity contribution in [2.45, 2.75) is 6.42 Å². The van der Waals surface area contributed by atoms with Crippen LogP contribution in [0, 0.1) is 0 Å². The lowest BCUT2D eigenvalue weighted by molar-refractivity contribution is 0.0381. The molecule has 0 aromatic rings. The van der Waals surface area contributed by atoms with Crippen molar-refractivity contribution in [3.8, 4) is 0 Å². The number of ether oxygens (including phenoxy) is 1. The second-order valence-electron chi connectivity index (χ2n) is 2.50. The number of nitrogens with zero attached hydrogens (tertiary/aromatic N) is 1. The number of morpholine rings is 1. The molecule has 0 radical (unpaired) electrons. The Hall–Kier alpha value is 0.880. The van der Waals surface area contributed by atoms with Crippen LogP contribution in [0.1, 0.15) is 6.42 Å². The molecule has 0 saturated carbocycles. The number of alkyl halides is 1. The Kier molecular flexibility index (Phi) is 8.13. The van der Waals surface area contributed by atoms with Crippen molar-refractivity contribution >= 4 is 32.9 Å². The molecule has 1 saturated heterocycles. The van der Waals surface area contributed by atoms with Crippen LogP contribution in [-0.4, -0.2) is 43.1 Å². The highest BCUT2D eigenvalue weighted by Gasteiger charge is 2.08. The third-order valence-corrected chi connectivity index (χ3v) is 2.27. The molecule has 1 rings (SSSR count).